The van der Waals surface area contributed by atoms with Crippen molar-refractivity contribution in [2.45, 2.75) is 130 Å². The lowest BCUT2D eigenvalue weighted by atomic mass is 9.99. The molecule has 4 aromatic heterocycles. The Morgan fingerprint density at radius 3 is 1.45 bits per heavy atom. The van der Waals surface area contributed by atoms with Gasteiger partial charge in [-0.05, 0) is 126 Å². The van der Waals surface area contributed by atoms with Crippen molar-refractivity contribution in [2.75, 3.05) is 53.7 Å². The number of likely N-dealkylation sites (N-methyl/N-ethyl adjacent to an activating group) is 1. The van der Waals surface area contributed by atoms with Gasteiger partial charge < -0.3 is 35.4 Å². The second-order valence-corrected chi connectivity index (χ2v) is 22.1. The number of nitrogens with zero attached hydrogens (tertiary/aromatic N) is 11. The number of benzene rings is 2. The topological polar surface area (TPSA) is 189 Å². The first-order valence-corrected chi connectivity index (χ1v) is 24.2. The summed E-state index contributed by atoms with van der Waals surface area (Å²) in [6.07, 6.45) is 4.14. The smallest absolute Gasteiger partial charge is 0.328 e. The standard InChI is InChI=1S/C25H35ClN6O3.C24H34ClN7O2/c1-23(2,34)10-11-32-19-12-16(8-9-18(19)30(7)22(32)33)28-20-17(26)13-27-21(29-20)31-14-24(3,4)35-25(5,6)15-31;1-15-13-31(14-16(2)29(15)5)22-26-12-18(25)21(28-22)27-17-7-8-19-20(11-17)32(23(33)30(19)6)10-9-24(3,4)34/h8-9,12-13,34H,10-11,14-15H2,1-7H3,(H,27,28,29);7-8,11-12,15-16,34H,9-10,13-14H2,1-6H3,(H,26,27,28)/t;15-,16+. The first kappa shape index (κ1) is 51.6. The van der Waals surface area contributed by atoms with E-state index < -0.39 is 11.2 Å². The number of anilines is 6. The molecule has 0 spiro atoms. The average Bonchev–Trinajstić information content (AvgIpc) is 3.63. The molecule has 6 aromatic rings. The van der Waals surface area contributed by atoms with Gasteiger partial charge in [-0.25, -0.2) is 19.6 Å². The molecular weight excluding hydrogens is 922 g/mol. The Morgan fingerprint density at radius 2 is 1.06 bits per heavy atom. The van der Waals surface area contributed by atoms with E-state index in [1.54, 1.807) is 72.5 Å². The van der Waals surface area contributed by atoms with Crippen LogP contribution in [0, 0.1) is 0 Å². The molecule has 0 aliphatic carbocycles. The third-order valence-corrected chi connectivity index (χ3v) is 13.3. The number of hydrogen-bond acceptors (Lipinski definition) is 14. The maximum Gasteiger partial charge on any atom is 0.328 e. The van der Waals surface area contributed by atoms with Gasteiger partial charge in [0.2, 0.25) is 11.9 Å². The number of morpholine rings is 1. The number of aromatic nitrogens is 8. The van der Waals surface area contributed by atoms with E-state index in [0.29, 0.717) is 84.7 Å². The van der Waals surface area contributed by atoms with E-state index >= 15 is 0 Å². The van der Waals surface area contributed by atoms with Crippen molar-refractivity contribution < 1.29 is 14.9 Å². The molecule has 0 radical (unpaired) electrons. The van der Waals surface area contributed by atoms with E-state index in [1.807, 2.05) is 36.4 Å². The molecule has 8 rings (SSSR count). The Hall–Kier alpha value is -5.24. The summed E-state index contributed by atoms with van der Waals surface area (Å²) in [5.41, 5.74) is 2.04. The highest BCUT2D eigenvalue weighted by Crippen LogP contribution is 2.33. The van der Waals surface area contributed by atoms with E-state index in [2.05, 4.69) is 83.9 Å². The fraction of sp³-hybridized carbons (Fsp3) is 0.551. The van der Waals surface area contributed by atoms with Crippen LogP contribution in [0.25, 0.3) is 22.1 Å². The highest BCUT2D eigenvalue weighted by Gasteiger charge is 2.39. The van der Waals surface area contributed by atoms with Gasteiger partial charge in [-0.15, -0.1) is 0 Å². The molecule has 0 bridgehead atoms. The molecule has 2 saturated heterocycles. The zero-order chi connectivity index (χ0) is 50.5. The second-order valence-electron chi connectivity index (χ2n) is 21.2. The Kier molecular flexibility index (Phi) is 14.6. The van der Waals surface area contributed by atoms with Crippen molar-refractivity contribution >= 4 is 80.2 Å². The van der Waals surface area contributed by atoms with Crippen molar-refractivity contribution in [1.82, 2.24) is 43.1 Å². The molecule has 6 heterocycles. The highest BCUT2D eigenvalue weighted by molar-refractivity contribution is 6.33. The maximum absolute atomic E-state index is 12.8. The van der Waals surface area contributed by atoms with Gasteiger partial charge >= 0.3 is 11.4 Å². The SMILES string of the molecule is C[C@@H]1CN(c2ncc(Cl)c(Nc3ccc4c(c3)n(CCC(C)(C)O)c(=O)n4C)n2)C[C@H](C)N1C.Cn1c(=O)n(CCC(C)(C)O)c2cc(Nc3nc(N4CC(C)(C)OC(C)(C)C4)ncc3Cl)ccc21. The number of fused-ring (bicyclic) bond motifs is 2. The minimum Gasteiger partial charge on any atom is -0.390 e. The van der Waals surface area contributed by atoms with Gasteiger partial charge in [0.05, 0.1) is 56.9 Å². The first-order chi connectivity index (χ1) is 32.1. The van der Waals surface area contributed by atoms with Crippen molar-refractivity contribution in [3.63, 3.8) is 0 Å². The normalized spacial score (nSPS) is 18.7. The fourth-order valence-electron chi connectivity index (χ4n) is 9.15. The average molecular weight is 991 g/mol. The van der Waals surface area contributed by atoms with Crippen LogP contribution in [0.15, 0.2) is 58.4 Å². The molecule has 18 nitrogen and oxygen atoms in total. The minimum absolute atomic E-state index is 0.114. The summed E-state index contributed by atoms with van der Waals surface area (Å²) in [4.78, 5) is 50.7. The highest BCUT2D eigenvalue weighted by atomic mass is 35.5. The molecule has 69 heavy (non-hydrogen) atoms. The van der Waals surface area contributed by atoms with Crippen LogP contribution in [0.2, 0.25) is 10.0 Å². The summed E-state index contributed by atoms with van der Waals surface area (Å²) in [6.45, 7) is 23.4. The van der Waals surface area contributed by atoms with Crippen LogP contribution in [0.4, 0.5) is 34.9 Å². The molecule has 2 atom stereocenters. The summed E-state index contributed by atoms with van der Waals surface area (Å²) < 4.78 is 12.8. The Labute approximate surface area is 413 Å². The maximum atomic E-state index is 12.8. The van der Waals surface area contributed by atoms with Gasteiger partial charge in [0, 0.05) is 76.8 Å². The zero-order valence-electron chi connectivity index (χ0n) is 42.2. The molecule has 20 heteroatoms. The van der Waals surface area contributed by atoms with E-state index in [1.165, 1.54) is 0 Å². The molecule has 4 N–H and O–H groups in total. The van der Waals surface area contributed by atoms with E-state index in [4.69, 9.17) is 37.9 Å². The predicted octanol–water partition coefficient (Wildman–Crippen LogP) is 7.30. The third-order valence-electron chi connectivity index (χ3n) is 12.8. The van der Waals surface area contributed by atoms with Crippen LogP contribution in [-0.2, 0) is 31.9 Å². The van der Waals surface area contributed by atoms with Crippen LogP contribution in [0.1, 0.15) is 82.1 Å². The number of hydrogen-bond donors (Lipinski definition) is 4. The van der Waals surface area contributed by atoms with Gasteiger partial charge in [-0.3, -0.25) is 23.2 Å². The van der Waals surface area contributed by atoms with Gasteiger partial charge in [0.25, 0.3) is 0 Å². The van der Waals surface area contributed by atoms with Crippen LogP contribution < -0.4 is 31.8 Å². The summed E-state index contributed by atoms with van der Waals surface area (Å²) in [7, 11) is 5.64. The Balaban J connectivity index is 0.000000204. The molecule has 0 unspecified atom stereocenters. The van der Waals surface area contributed by atoms with Crippen molar-refractivity contribution in [1.29, 1.82) is 0 Å². The molecule has 0 amide bonds. The van der Waals surface area contributed by atoms with E-state index in [9.17, 15) is 19.8 Å². The lowest BCUT2D eigenvalue weighted by molar-refractivity contribution is -0.133. The van der Waals surface area contributed by atoms with Gasteiger partial charge in [0.1, 0.15) is 10.0 Å². The molecule has 2 fully saturated rings. The van der Waals surface area contributed by atoms with Crippen molar-refractivity contribution in [3.05, 3.63) is 79.8 Å². The number of piperazine rings is 1. The monoisotopic (exact) mass is 989 g/mol. The number of aliphatic hydroxyl groups is 2. The van der Waals surface area contributed by atoms with Gasteiger partial charge in [-0.2, -0.15) is 9.97 Å². The van der Waals surface area contributed by atoms with E-state index in [-0.39, 0.29) is 22.6 Å². The summed E-state index contributed by atoms with van der Waals surface area (Å²) in [5, 5.41) is 27.7. The first-order valence-electron chi connectivity index (χ1n) is 23.4. The summed E-state index contributed by atoms with van der Waals surface area (Å²) >= 11 is 12.9. The third kappa shape index (κ3) is 12.0. The van der Waals surface area contributed by atoms with Crippen molar-refractivity contribution in [3.8, 4) is 0 Å². The number of ether oxygens (including phenoxy) is 1. The van der Waals surface area contributed by atoms with E-state index in [0.717, 1.165) is 46.5 Å². The molecule has 374 valence electrons. The molecular formula is C49H69Cl2N13O5. The van der Waals surface area contributed by atoms with Crippen LogP contribution in [-0.4, -0.2) is 121 Å². The number of nitrogens with one attached hydrogen (secondary N) is 2. The zero-order valence-corrected chi connectivity index (χ0v) is 43.7. The van der Waals surface area contributed by atoms with Crippen LogP contribution in [0.3, 0.4) is 0 Å². The number of imidazole rings is 2. The second kappa shape index (κ2) is 19.5. The lowest BCUT2D eigenvalue weighted by Gasteiger charge is -2.47. The minimum atomic E-state index is -0.870. The molecule has 2 aliphatic heterocycles. The molecule has 0 saturated carbocycles. The quantitative estimate of drug-likeness (QED) is 0.0956. The summed E-state index contributed by atoms with van der Waals surface area (Å²) in [6, 6.07) is 12.2. The van der Waals surface area contributed by atoms with Crippen LogP contribution >= 0.6 is 23.2 Å². The number of aryl methyl sites for hydroxylation is 4. The number of rotatable bonds is 12. The van der Waals surface area contributed by atoms with Gasteiger partial charge in [-0.1, -0.05) is 23.2 Å². The lowest BCUT2D eigenvalue weighted by Crippen LogP contribution is -2.57. The molecule has 2 aromatic carbocycles. The van der Waals surface area contributed by atoms with Crippen LogP contribution in [0.5, 0.6) is 0 Å². The fourth-order valence-corrected chi connectivity index (χ4v) is 9.42. The largest absolute Gasteiger partial charge is 0.390 e. The Bertz CT molecular complexity index is 2920. The number of halogens is 2. The predicted molar refractivity (Wildman–Crippen MR) is 277 cm³/mol. The Morgan fingerprint density at radius 1 is 0.667 bits per heavy atom. The molecule has 2 aliphatic rings. The summed E-state index contributed by atoms with van der Waals surface area (Å²) in [5.74, 6) is 2.22. The van der Waals surface area contributed by atoms with Gasteiger partial charge in [0.15, 0.2) is 11.6 Å². The van der Waals surface area contributed by atoms with Crippen molar-refractivity contribution in [2.24, 2.45) is 14.1 Å².